The number of halogens is 1. The molecule has 2 rings (SSSR count). The number of rotatable bonds is 5. The highest BCUT2D eigenvalue weighted by Crippen LogP contribution is 2.31. The van der Waals surface area contributed by atoms with E-state index in [1.165, 1.54) is 0 Å². The van der Waals surface area contributed by atoms with Crippen molar-refractivity contribution in [2.75, 3.05) is 11.8 Å². The summed E-state index contributed by atoms with van der Waals surface area (Å²) in [6.07, 6.45) is 0. The van der Waals surface area contributed by atoms with Crippen LogP contribution in [0.4, 0.5) is 5.69 Å². The average molecular weight is 345 g/mol. The maximum absolute atomic E-state index is 12.3. The number of benzene rings is 1. The van der Waals surface area contributed by atoms with Crippen molar-refractivity contribution in [2.45, 2.75) is 24.1 Å². The van der Waals surface area contributed by atoms with E-state index in [1.807, 2.05) is 32.2 Å². The summed E-state index contributed by atoms with van der Waals surface area (Å²) in [7, 11) is -1.74. The summed E-state index contributed by atoms with van der Waals surface area (Å²) >= 11 is 7.00. The molecule has 0 aliphatic carbocycles. The summed E-state index contributed by atoms with van der Waals surface area (Å²) in [5, 5.41) is 3.12. The maximum atomic E-state index is 12.3. The van der Waals surface area contributed by atoms with Crippen LogP contribution in [0, 0.1) is 6.92 Å². The van der Waals surface area contributed by atoms with Crippen molar-refractivity contribution in [1.82, 2.24) is 5.32 Å². The fourth-order valence-corrected chi connectivity index (χ4v) is 4.56. The van der Waals surface area contributed by atoms with Gasteiger partial charge in [0.05, 0.1) is 4.34 Å². The molecule has 4 nitrogen and oxygen atoms in total. The number of thiophene rings is 1. The lowest BCUT2D eigenvalue weighted by Gasteiger charge is -2.13. The molecule has 7 heteroatoms. The first kappa shape index (κ1) is 16.3. The Kier molecular flexibility index (Phi) is 4.93. The highest BCUT2D eigenvalue weighted by Gasteiger charge is 2.19. The van der Waals surface area contributed by atoms with Gasteiger partial charge in [0.25, 0.3) is 10.0 Å². The topological polar surface area (TPSA) is 58.2 Å². The van der Waals surface area contributed by atoms with Gasteiger partial charge < -0.3 is 5.32 Å². The Morgan fingerprint density at radius 1 is 1.29 bits per heavy atom. The van der Waals surface area contributed by atoms with Gasteiger partial charge >= 0.3 is 0 Å². The van der Waals surface area contributed by atoms with E-state index in [2.05, 4.69) is 10.0 Å². The van der Waals surface area contributed by atoms with Crippen LogP contribution >= 0.6 is 22.9 Å². The molecule has 0 saturated heterocycles. The van der Waals surface area contributed by atoms with E-state index in [0.717, 1.165) is 22.5 Å². The van der Waals surface area contributed by atoms with E-state index >= 15 is 0 Å². The van der Waals surface area contributed by atoms with Gasteiger partial charge in [0.1, 0.15) is 4.21 Å². The first-order chi connectivity index (χ1) is 9.83. The molecule has 2 N–H and O–H groups in total. The van der Waals surface area contributed by atoms with E-state index in [-0.39, 0.29) is 10.3 Å². The van der Waals surface area contributed by atoms with Crippen molar-refractivity contribution in [1.29, 1.82) is 0 Å². The molecule has 0 bridgehead atoms. The molecule has 21 heavy (non-hydrogen) atoms. The van der Waals surface area contributed by atoms with Crippen LogP contribution in [0.1, 0.15) is 24.1 Å². The number of nitrogens with one attached hydrogen (secondary N) is 2. The zero-order chi connectivity index (χ0) is 15.6. The zero-order valence-electron chi connectivity index (χ0n) is 12.0. The van der Waals surface area contributed by atoms with Gasteiger partial charge in [-0.3, -0.25) is 4.72 Å². The molecule has 1 aromatic heterocycles. The molecule has 0 spiro atoms. The van der Waals surface area contributed by atoms with Gasteiger partial charge in [-0.05, 0) is 50.2 Å². The third-order valence-corrected chi connectivity index (χ3v) is 6.58. The molecule has 0 saturated carbocycles. The van der Waals surface area contributed by atoms with Crippen LogP contribution in [-0.2, 0) is 10.0 Å². The number of sulfonamides is 1. The molecule has 0 radical (unpaired) electrons. The van der Waals surface area contributed by atoms with Gasteiger partial charge in [0.15, 0.2) is 0 Å². The summed E-state index contributed by atoms with van der Waals surface area (Å²) in [6, 6.07) is 9.05. The second-order valence-electron chi connectivity index (χ2n) is 4.76. The number of hydrogen-bond acceptors (Lipinski definition) is 4. The lowest BCUT2D eigenvalue weighted by Crippen LogP contribution is -2.14. The predicted octanol–water partition coefficient (Wildman–Crippen LogP) is 3.79. The smallest absolute Gasteiger partial charge is 0.271 e. The Bertz CT molecular complexity index is 722. The summed E-state index contributed by atoms with van der Waals surface area (Å²) in [4.78, 5) is 0. The molecule has 1 unspecified atom stereocenters. The minimum absolute atomic E-state index is 0.146. The highest BCUT2D eigenvalue weighted by molar-refractivity contribution is 7.94. The molecule has 0 amide bonds. The normalized spacial score (nSPS) is 13.1. The molecule has 2 aromatic rings. The maximum Gasteiger partial charge on any atom is 0.271 e. The molecular weight excluding hydrogens is 328 g/mol. The van der Waals surface area contributed by atoms with Crippen LogP contribution in [0.5, 0.6) is 0 Å². The Morgan fingerprint density at radius 3 is 2.57 bits per heavy atom. The van der Waals surface area contributed by atoms with E-state index in [9.17, 15) is 8.42 Å². The van der Waals surface area contributed by atoms with Gasteiger partial charge in [0, 0.05) is 11.7 Å². The van der Waals surface area contributed by atoms with Gasteiger partial charge in [-0.2, -0.15) is 0 Å². The second kappa shape index (κ2) is 6.36. The minimum Gasteiger partial charge on any atom is -0.313 e. The quantitative estimate of drug-likeness (QED) is 0.867. The van der Waals surface area contributed by atoms with Crippen molar-refractivity contribution < 1.29 is 8.42 Å². The monoisotopic (exact) mass is 344 g/mol. The Labute approximate surface area is 134 Å². The van der Waals surface area contributed by atoms with Crippen LogP contribution in [0.2, 0.25) is 4.34 Å². The molecule has 114 valence electrons. The Hall–Kier alpha value is -1.08. The predicted molar refractivity (Wildman–Crippen MR) is 88.8 cm³/mol. The third kappa shape index (κ3) is 3.77. The highest BCUT2D eigenvalue weighted by atomic mass is 35.5. The summed E-state index contributed by atoms with van der Waals surface area (Å²) in [6.45, 7) is 3.79. The van der Waals surface area contributed by atoms with Gasteiger partial charge in [0.2, 0.25) is 0 Å². The third-order valence-electron chi connectivity index (χ3n) is 3.17. The van der Waals surface area contributed by atoms with Gasteiger partial charge in [-0.15, -0.1) is 11.3 Å². The second-order valence-corrected chi connectivity index (χ2v) is 8.33. The van der Waals surface area contributed by atoms with Crippen LogP contribution in [0.25, 0.3) is 0 Å². The lowest BCUT2D eigenvalue weighted by molar-refractivity contribution is 0.603. The average Bonchev–Trinajstić information content (AvgIpc) is 2.78. The van der Waals surface area contributed by atoms with E-state index < -0.39 is 10.0 Å². The zero-order valence-corrected chi connectivity index (χ0v) is 14.4. The van der Waals surface area contributed by atoms with Gasteiger partial charge in [-0.1, -0.05) is 23.7 Å². The van der Waals surface area contributed by atoms with Gasteiger partial charge in [-0.25, -0.2) is 8.42 Å². The fraction of sp³-hybridized carbons (Fsp3) is 0.286. The van der Waals surface area contributed by atoms with Crippen LogP contribution in [-0.4, -0.2) is 15.5 Å². The first-order valence-electron chi connectivity index (χ1n) is 6.39. The minimum atomic E-state index is -3.60. The molecular formula is C14H17ClN2O2S2. The van der Waals surface area contributed by atoms with E-state index in [4.69, 9.17) is 11.6 Å². The Morgan fingerprint density at radius 2 is 2.00 bits per heavy atom. The molecule has 1 aromatic carbocycles. The molecule has 0 fully saturated rings. The van der Waals surface area contributed by atoms with Crippen LogP contribution < -0.4 is 10.0 Å². The van der Waals surface area contributed by atoms with E-state index in [1.54, 1.807) is 19.1 Å². The van der Waals surface area contributed by atoms with Crippen molar-refractivity contribution in [2.24, 2.45) is 0 Å². The number of hydrogen-bond donors (Lipinski definition) is 2. The molecule has 1 heterocycles. The van der Waals surface area contributed by atoms with Crippen molar-refractivity contribution >= 4 is 38.6 Å². The molecule has 1 atom stereocenters. The Balaban J connectivity index is 2.28. The summed E-state index contributed by atoms with van der Waals surface area (Å²) in [5.74, 6) is 0. The number of aryl methyl sites for hydroxylation is 1. The van der Waals surface area contributed by atoms with Crippen molar-refractivity contribution in [3.63, 3.8) is 0 Å². The first-order valence-corrected chi connectivity index (χ1v) is 9.07. The lowest BCUT2D eigenvalue weighted by atomic mass is 10.1. The summed E-state index contributed by atoms with van der Waals surface area (Å²) in [5.41, 5.74) is 2.31. The standard InChI is InChI=1S/C14H17ClN2O2S2/c1-9-7-13(20-14(9)15)21(18,19)17-12-6-4-5-11(8-12)10(2)16-3/h4-8,10,16-17H,1-3H3. The molecule has 0 aliphatic heterocycles. The largest absolute Gasteiger partial charge is 0.313 e. The fourth-order valence-electron chi connectivity index (χ4n) is 1.81. The van der Waals surface area contributed by atoms with Crippen molar-refractivity contribution in [3.8, 4) is 0 Å². The van der Waals surface area contributed by atoms with Crippen molar-refractivity contribution in [3.05, 3.63) is 45.8 Å². The van der Waals surface area contributed by atoms with E-state index in [0.29, 0.717) is 10.0 Å². The summed E-state index contributed by atoms with van der Waals surface area (Å²) < 4.78 is 28.0. The van der Waals surface area contributed by atoms with Crippen LogP contribution in [0.3, 0.4) is 0 Å². The number of anilines is 1. The molecule has 0 aliphatic rings. The SMILES string of the molecule is CNC(C)c1cccc(NS(=O)(=O)c2cc(C)c(Cl)s2)c1. The van der Waals surface area contributed by atoms with Crippen LogP contribution in [0.15, 0.2) is 34.5 Å².